The van der Waals surface area contributed by atoms with E-state index in [2.05, 4.69) is 35.5 Å². The molecule has 0 saturated carbocycles. The molecule has 3 aliphatic rings. The van der Waals surface area contributed by atoms with Gasteiger partial charge in [-0.05, 0) is 39.5 Å². The maximum atomic E-state index is 12.1. The van der Waals surface area contributed by atoms with Crippen molar-refractivity contribution in [3.63, 3.8) is 0 Å². The lowest BCUT2D eigenvalue weighted by molar-refractivity contribution is -0.122. The summed E-state index contributed by atoms with van der Waals surface area (Å²) in [6, 6.07) is 0. The SMILES string of the molecule is CC(=O)NCCCC(=O)NC[C@H]1[C@H]2CN(CCC=C(C)C)C[C@]23CC[C@H]1O3. The van der Waals surface area contributed by atoms with Gasteiger partial charge >= 0.3 is 0 Å². The average molecular weight is 378 g/mol. The molecule has 0 aliphatic carbocycles. The zero-order chi connectivity index (χ0) is 19.4. The highest BCUT2D eigenvalue weighted by molar-refractivity contribution is 5.76. The molecule has 0 aromatic heterocycles. The van der Waals surface area contributed by atoms with Crippen LogP contribution >= 0.6 is 0 Å². The number of amides is 2. The second-order valence-electron chi connectivity index (χ2n) is 8.73. The summed E-state index contributed by atoms with van der Waals surface area (Å²) in [5.74, 6) is 1.01. The quantitative estimate of drug-likeness (QED) is 0.475. The average Bonchev–Trinajstić information content (AvgIpc) is 3.24. The maximum absolute atomic E-state index is 12.1. The summed E-state index contributed by atoms with van der Waals surface area (Å²) in [5, 5.41) is 5.85. The van der Waals surface area contributed by atoms with Crippen LogP contribution < -0.4 is 10.6 Å². The van der Waals surface area contributed by atoms with E-state index in [1.165, 1.54) is 18.9 Å². The van der Waals surface area contributed by atoms with Crippen molar-refractivity contribution >= 4 is 11.8 Å². The van der Waals surface area contributed by atoms with Crippen LogP contribution in [0.15, 0.2) is 11.6 Å². The smallest absolute Gasteiger partial charge is 0.220 e. The number of nitrogens with zero attached hydrogens (tertiary/aromatic N) is 1. The predicted molar refractivity (Wildman–Crippen MR) is 105 cm³/mol. The van der Waals surface area contributed by atoms with E-state index in [9.17, 15) is 9.59 Å². The summed E-state index contributed by atoms with van der Waals surface area (Å²) in [4.78, 5) is 25.5. The number of hydrogen-bond acceptors (Lipinski definition) is 4. The number of hydrogen-bond donors (Lipinski definition) is 2. The summed E-state index contributed by atoms with van der Waals surface area (Å²) < 4.78 is 6.46. The van der Waals surface area contributed by atoms with Gasteiger partial charge in [-0.15, -0.1) is 0 Å². The lowest BCUT2D eigenvalue weighted by Crippen LogP contribution is -2.42. The van der Waals surface area contributed by atoms with E-state index in [0.717, 1.165) is 39.0 Å². The molecule has 3 saturated heterocycles. The molecule has 0 radical (unpaired) electrons. The van der Waals surface area contributed by atoms with E-state index < -0.39 is 0 Å². The fourth-order valence-electron chi connectivity index (χ4n) is 5.10. The minimum absolute atomic E-state index is 0.0381. The summed E-state index contributed by atoms with van der Waals surface area (Å²) in [5.41, 5.74) is 1.42. The van der Waals surface area contributed by atoms with E-state index in [1.807, 2.05) is 0 Å². The predicted octanol–water partition coefficient (Wildman–Crippen LogP) is 1.85. The van der Waals surface area contributed by atoms with Crippen molar-refractivity contribution in [3.8, 4) is 0 Å². The van der Waals surface area contributed by atoms with Crippen LogP contribution in [0.1, 0.15) is 52.9 Å². The minimum atomic E-state index is -0.0461. The fourth-order valence-corrected chi connectivity index (χ4v) is 5.10. The van der Waals surface area contributed by atoms with Crippen molar-refractivity contribution in [2.24, 2.45) is 11.8 Å². The third-order valence-corrected chi connectivity index (χ3v) is 6.34. The molecule has 0 unspecified atom stereocenters. The van der Waals surface area contributed by atoms with Crippen LogP contribution in [0.3, 0.4) is 0 Å². The Morgan fingerprint density at radius 3 is 2.81 bits per heavy atom. The van der Waals surface area contributed by atoms with E-state index >= 15 is 0 Å². The van der Waals surface area contributed by atoms with Crippen molar-refractivity contribution < 1.29 is 14.3 Å². The number of likely N-dealkylation sites (tertiary alicyclic amines) is 1. The van der Waals surface area contributed by atoms with Crippen LogP contribution in [0, 0.1) is 11.8 Å². The highest BCUT2D eigenvalue weighted by atomic mass is 16.5. The molecule has 3 heterocycles. The van der Waals surface area contributed by atoms with Crippen LogP contribution in [0.4, 0.5) is 0 Å². The number of fused-ring (bicyclic) bond motifs is 1. The largest absolute Gasteiger partial charge is 0.370 e. The Morgan fingerprint density at radius 2 is 2.07 bits per heavy atom. The molecule has 152 valence electrons. The number of carbonyl (C=O) groups is 2. The van der Waals surface area contributed by atoms with Gasteiger partial charge in [-0.2, -0.15) is 0 Å². The van der Waals surface area contributed by atoms with Crippen molar-refractivity contribution in [3.05, 3.63) is 11.6 Å². The van der Waals surface area contributed by atoms with E-state index in [0.29, 0.717) is 37.3 Å². The lowest BCUT2D eigenvalue weighted by atomic mass is 9.73. The molecule has 3 aliphatic heterocycles. The molecular formula is C21H35N3O3. The molecule has 1 spiro atoms. The van der Waals surface area contributed by atoms with Crippen LogP contribution in [-0.4, -0.2) is 61.1 Å². The van der Waals surface area contributed by atoms with E-state index in [-0.39, 0.29) is 17.4 Å². The highest BCUT2D eigenvalue weighted by Crippen LogP contribution is 2.54. The Morgan fingerprint density at radius 1 is 1.26 bits per heavy atom. The van der Waals surface area contributed by atoms with E-state index in [4.69, 9.17) is 4.74 Å². The first-order valence-corrected chi connectivity index (χ1v) is 10.4. The first-order valence-electron chi connectivity index (χ1n) is 10.4. The topological polar surface area (TPSA) is 70.7 Å². The Labute approximate surface area is 163 Å². The summed E-state index contributed by atoms with van der Waals surface area (Å²) in [6.07, 6.45) is 7.16. The monoisotopic (exact) mass is 377 g/mol. The Hall–Kier alpha value is -1.40. The van der Waals surface area contributed by atoms with Gasteiger partial charge in [0.1, 0.15) is 0 Å². The van der Waals surface area contributed by atoms with Crippen molar-refractivity contribution in [2.45, 2.75) is 64.6 Å². The van der Waals surface area contributed by atoms with Gasteiger partial charge in [-0.3, -0.25) is 14.5 Å². The number of ether oxygens (including phenoxy) is 1. The highest BCUT2D eigenvalue weighted by Gasteiger charge is 2.62. The third kappa shape index (κ3) is 4.91. The molecule has 4 atom stereocenters. The lowest BCUT2D eigenvalue weighted by Gasteiger charge is -2.29. The molecule has 2 bridgehead atoms. The number of rotatable bonds is 9. The molecule has 2 amide bonds. The van der Waals surface area contributed by atoms with Gasteiger partial charge in [-0.25, -0.2) is 0 Å². The van der Waals surface area contributed by atoms with Gasteiger partial charge < -0.3 is 15.4 Å². The fraction of sp³-hybridized carbons (Fsp3) is 0.810. The molecule has 0 aromatic rings. The Balaban J connectivity index is 1.44. The van der Waals surface area contributed by atoms with Crippen molar-refractivity contribution in [1.82, 2.24) is 15.5 Å². The molecule has 3 fully saturated rings. The van der Waals surface area contributed by atoms with Gasteiger partial charge in [-0.1, -0.05) is 11.6 Å². The standard InChI is InChI=1S/C21H35N3O3/c1-15(2)6-5-11-24-13-18-17(19-8-9-21(18,14-24)27-19)12-23-20(26)7-4-10-22-16(3)25/h6,17-19H,4-5,7-14H2,1-3H3,(H,22,25)(H,23,26)/t17-,18+,19+,21+/m0/s1. The van der Waals surface area contributed by atoms with Crippen LogP contribution in [0.5, 0.6) is 0 Å². The Kier molecular flexibility index (Phi) is 6.58. The van der Waals surface area contributed by atoms with Gasteiger partial charge in [0.2, 0.25) is 11.8 Å². The van der Waals surface area contributed by atoms with Gasteiger partial charge in [0.05, 0.1) is 11.7 Å². The summed E-state index contributed by atoms with van der Waals surface area (Å²) >= 11 is 0. The summed E-state index contributed by atoms with van der Waals surface area (Å²) in [6.45, 7) is 10.3. The first-order chi connectivity index (χ1) is 12.9. The zero-order valence-electron chi connectivity index (χ0n) is 17.1. The van der Waals surface area contributed by atoms with Crippen molar-refractivity contribution in [2.75, 3.05) is 32.7 Å². The molecule has 6 heteroatoms. The summed E-state index contributed by atoms with van der Waals surface area (Å²) in [7, 11) is 0. The van der Waals surface area contributed by atoms with Gasteiger partial charge in [0.25, 0.3) is 0 Å². The normalized spacial score (nSPS) is 31.6. The molecular weight excluding hydrogens is 342 g/mol. The third-order valence-electron chi connectivity index (χ3n) is 6.34. The molecule has 0 aromatic carbocycles. The second kappa shape index (κ2) is 8.74. The van der Waals surface area contributed by atoms with Crippen LogP contribution in [0.2, 0.25) is 0 Å². The molecule has 2 N–H and O–H groups in total. The maximum Gasteiger partial charge on any atom is 0.220 e. The molecule has 6 nitrogen and oxygen atoms in total. The van der Waals surface area contributed by atoms with Gasteiger partial charge in [0, 0.05) is 57.9 Å². The number of allylic oxidation sites excluding steroid dienone is 1. The Bertz CT molecular complexity index is 587. The minimum Gasteiger partial charge on any atom is -0.370 e. The van der Waals surface area contributed by atoms with Crippen molar-refractivity contribution in [1.29, 1.82) is 0 Å². The molecule has 27 heavy (non-hydrogen) atoms. The zero-order valence-corrected chi connectivity index (χ0v) is 17.1. The van der Waals surface area contributed by atoms with Gasteiger partial charge in [0.15, 0.2) is 0 Å². The number of nitrogens with one attached hydrogen (secondary N) is 2. The molecule has 3 rings (SSSR count). The van der Waals surface area contributed by atoms with Crippen LogP contribution in [-0.2, 0) is 14.3 Å². The number of carbonyl (C=O) groups excluding carboxylic acids is 2. The first kappa shape index (κ1) is 20.3. The second-order valence-corrected chi connectivity index (χ2v) is 8.73. The van der Waals surface area contributed by atoms with Crippen LogP contribution in [0.25, 0.3) is 0 Å². The van der Waals surface area contributed by atoms with E-state index in [1.54, 1.807) is 0 Å².